The molecule has 1 amide bonds. The lowest BCUT2D eigenvalue weighted by atomic mass is 10.1. The summed E-state index contributed by atoms with van der Waals surface area (Å²) >= 11 is 0. The fraction of sp³-hybridized carbons (Fsp3) is 0.562. The Morgan fingerprint density at radius 3 is 2.48 bits per heavy atom. The molecule has 1 saturated heterocycles. The molecule has 3 unspecified atom stereocenters. The normalized spacial score (nSPS) is 23.9. The molecule has 0 radical (unpaired) electrons. The number of hydrogen-bond donors (Lipinski definition) is 1. The fourth-order valence-corrected chi connectivity index (χ4v) is 2.93. The maximum Gasteiger partial charge on any atom is 0.241 e. The number of nitrogens with zero attached hydrogens (tertiary/aromatic N) is 2. The molecule has 0 saturated carbocycles. The lowest BCUT2D eigenvalue weighted by molar-refractivity contribution is -0.132. The zero-order chi connectivity index (χ0) is 15.6. The number of rotatable bonds is 5. The van der Waals surface area contributed by atoms with Gasteiger partial charge in [-0.15, -0.1) is 0 Å². The summed E-state index contributed by atoms with van der Waals surface area (Å²) in [6.07, 6.45) is 0.569. The maximum absolute atomic E-state index is 13.1. The van der Waals surface area contributed by atoms with Crippen molar-refractivity contribution in [1.82, 2.24) is 15.1 Å². The minimum absolute atomic E-state index is 0.0894. The van der Waals surface area contributed by atoms with Crippen LogP contribution in [0.25, 0.3) is 0 Å². The van der Waals surface area contributed by atoms with Crippen molar-refractivity contribution in [2.24, 2.45) is 0 Å². The Morgan fingerprint density at radius 1 is 1.33 bits per heavy atom. The van der Waals surface area contributed by atoms with E-state index in [9.17, 15) is 9.18 Å². The van der Waals surface area contributed by atoms with Crippen LogP contribution in [0.2, 0.25) is 0 Å². The second-order valence-corrected chi connectivity index (χ2v) is 5.94. The van der Waals surface area contributed by atoms with Gasteiger partial charge in [-0.3, -0.25) is 10.1 Å². The molecule has 0 spiro atoms. The molecule has 5 heteroatoms. The Balaban J connectivity index is 2.27. The highest BCUT2D eigenvalue weighted by Crippen LogP contribution is 2.28. The zero-order valence-corrected chi connectivity index (χ0v) is 13.1. The first kappa shape index (κ1) is 15.9. The van der Waals surface area contributed by atoms with Gasteiger partial charge >= 0.3 is 0 Å². The zero-order valence-electron chi connectivity index (χ0n) is 13.1. The van der Waals surface area contributed by atoms with Gasteiger partial charge in [0.25, 0.3) is 0 Å². The van der Waals surface area contributed by atoms with Crippen LogP contribution in [0.4, 0.5) is 4.39 Å². The average Bonchev–Trinajstić information content (AvgIpc) is 2.75. The fourth-order valence-electron chi connectivity index (χ4n) is 2.93. The van der Waals surface area contributed by atoms with Gasteiger partial charge in [0, 0.05) is 12.6 Å². The molecule has 0 aromatic heterocycles. The minimum atomic E-state index is -0.261. The molecular formula is C16H24FN3O. The van der Waals surface area contributed by atoms with E-state index in [-0.39, 0.29) is 30.0 Å². The molecule has 1 aromatic carbocycles. The second-order valence-electron chi connectivity index (χ2n) is 5.94. The Bertz CT molecular complexity index is 489. The summed E-state index contributed by atoms with van der Waals surface area (Å²) < 4.78 is 13.1. The number of amides is 1. The third-order valence-corrected chi connectivity index (χ3v) is 3.89. The number of halogens is 1. The van der Waals surface area contributed by atoms with Crippen molar-refractivity contribution < 1.29 is 9.18 Å². The molecule has 3 atom stereocenters. The Labute approximate surface area is 125 Å². The van der Waals surface area contributed by atoms with E-state index < -0.39 is 0 Å². The molecule has 1 fully saturated rings. The monoisotopic (exact) mass is 293 g/mol. The maximum atomic E-state index is 13.1. The smallest absolute Gasteiger partial charge is 0.241 e. The number of hydrogen-bond acceptors (Lipinski definition) is 3. The van der Waals surface area contributed by atoms with Gasteiger partial charge in [-0.05, 0) is 45.1 Å². The third-order valence-electron chi connectivity index (χ3n) is 3.89. The number of carbonyl (C=O) groups excluding carboxylic acids is 1. The Hall–Kier alpha value is -1.46. The van der Waals surface area contributed by atoms with Crippen molar-refractivity contribution >= 4 is 5.91 Å². The Kier molecular flexibility index (Phi) is 4.96. The largest absolute Gasteiger partial charge is 0.318 e. The van der Waals surface area contributed by atoms with Gasteiger partial charge in [-0.25, -0.2) is 4.39 Å². The van der Waals surface area contributed by atoms with E-state index in [1.165, 1.54) is 12.1 Å². The van der Waals surface area contributed by atoms with E-state index in [0.29, 0.717) is 0 Å². The molecule has 1 aliphatic rings. The minimum Gasteiger partial charge on any atom is -0.318 e. The summed E-state index contributed by atoms with van der Waals surface area (Å²) in [6, 6.07) is 6.29. The lowest BCUT2D eigenvalue weighted by Crippen LogP contribution is -2.43. The molecule has 1 aliphatic heterocycles. The van der Waals surface area contributed by atoms with Crippen molar-refractivity contribution in [3.8, 4) is 0 Å². The van der Waals surface area contributed by atoms with Crippen molar-refractivity contribution in [2.45, 2.75) is 38.5 Å². The van der Waals surface area contributed by atoms with E-state index in [1.807, 2.05) is 32.8 Å². The number of likely N-dealkylation sites (N-methyl/N-ethyl adjacent to an activating group) is 1. The van der Waals surface area contributed by atoms with Gasteiger partial charge in [0.2, 0.25) is 5.91 Å². The summed E-state index contributed by atoms with van der Waals surface area (Å²) in [6.45, 7) is 4.84. The molecule has 116 valence electrons. The molecule has 21 heavy (non-hydrogen) atoms. The van der Waals surface area contributed by atoms with Crippen LogP contribution in [0.1, 0.15) is 32.0 Å². The van der Waals surface area contributed by atoms with Crippen LogP contribution >= 0.6 is 0 Å². The van der Waals surface area contributed by atoms with Crippen molar-refractivity contribution in [1.29, 1.82) is 0 Å². The first-order valence-electron chi connectivity index (χ1n) is 7.42. The molecule has 2 rings (SSSR count). The summed E-state index contributed by atoms with van der Waals surface area (Å²) in [5.41, 5.74) is 0.923. The molecule has 0 bridgehead atoms. The summed E-state index contributed by atoms with van der Waals surface area (Å²) in [7, 11) is 3.99. The van der Waals surface area contributed by atoms with Crippen molar-refractivity contribution in [3.63, 3.8) is 0 Å². The van der Waals surface area contributed by atoms with Gasteiger partial charge in [0.1, 0.15) is 12.0 Å². The van der Waals surface area contributed by atoms with E-state index in [0.717, 1.165) is 18.5 Å². The molecule has 4 nitrogen and oxygen atoms in total. The van der Waals surface area contributed by atoms with E-state index in [4.69, 9.17) is 0 Å². The predicted octanol–water partition coefficient (Wildman–Crippen LogP) is 1.98. The van der Waals surface area contributed by atoms with Gasteiger partial charge in [-0.2, -0.15) is 0 Å². The summed E-state index contributed by atoms with van der Waals surface area (Å²) in [5.74, 6) is -0.135. The van der Waals surface area contributed by atoms with Crippen molar-refractivity contribution in [2.75, 3.05) is 20.6 Å². The molecule has 1 heterocycles. The molecule has 0 aliphatic carbocycles. The van der Waals surface area contributed by atoms with Gasteiger partial charge in [0.05, 0.1) is 6.04 Å². The molecule has 1 N–H and O–H groups in total. The topological polar surface area (TPSA) is 35.6 Å². The van der Waals surface area contributed by atoms with Gasteiger partial charge < -0.3 is 9.80 Å². The average molecular weight is 293 g/mol. The predicted molar refractivity (Wildman–Crippen MR) is 81.2 cm³/mol. The van der Waals surface area contributed by atoms with Crippen molar-refractivity contribution in [3.05, 3.63) is 35.6 Å². The van der Waals surface area contributed by atoms with E-state index in [2.05, 4.69) is 10.2 Å². The van der Waals surface area contributed by atoms with Crippen LogP contribution in [0.3, 0.4) is 0 Å². The SMILES string of the molecule is CCC1NC(c2ccc(F)cc2)N(C(C)CN(C)C)C1=O. The van der Waals surface area contributed by atoms with Gasteiger partial charge in [0.15, 0.2) is 0 Å². The summed E-state index contributed by atoms with van der Waals surface area (Å²) in [4.78, 5) is 16.5. The quantitative estimate of drug-likeness (QED) is 0.902. The third kappa shape index (κ3) is 3.41. The highest BCUT2D eigenvalue weighted by Gasteiger charge is 2.41. The highest BCUT2D eigenvalue weighted by molar-refractivity contribution is 5.84. The van der Waals surface area contributed by atoms with Crippen LogP contribution < -0.4 is 5.32 Å². The number of carbonyl (C=O) groups is 1. The van der Waals surface area contributed by atoms with Crippen LogP contribution in [0.15, 0.2) is 24.3 Å². The van der Waals surface area contributed by atoms with Crippen LogP contribution in [-0.2, 0) is 4.79 Å². The second kappa shape index (κ2) is 6.54. The highest BCUT2D eigenvalue weighted by atomic mass is 19.1. The number of nitrogens with one attached hydrogen (secondary N) is 1. The van der Waals surface area contributed by atoms with Gasteiger partial charge in [-0.1, -0.05) is 19.1 Å². The first-order valence-corrected chi connectivity index (χ1v) is 7.42. The molecular weight excluding hydrogens is 269 g/mol. The number of benzene rings is 1. The molecule has 1 aromatic rings. The lowest BCUT2D eigenvalue weighted by Gasteiger charge is -2.32. The Morgan fingerprint density at radius 2 is 1.95 bits per heavy atom. The van der Waals surface area contributed by atoms with E-state index in [1.54, 1.807) is 12.1 Å². The van der Waals surface area contributed by atoms with Crippen LogP contribution in [-0.4, -0.2) is 48.4 Å². The summed E-state index contributed by atoms with van der Waals surface area (Å²) in [5, 5.41) is 3.37. The first-order chi connectivity index (χ1) is 9.93. The van der Waals surface area contributed by atoms with Crippen LogP contribution in [0.5, 0.6) is 0 Å². The van der Waals surface area contributed by atoms with E-state index >= 15 is 0 Å². The van der Waals surface area contributed by atoms with Crippen LogP contribution in [0, 0.1) is 5.82 Å². The standard InChI is InChI=1S/C16H24FN3O/c1-5-14-16(21)20(11(2)10-19(3)4)15(18-14)12-6-8-13(17)9-7-12/h6-9,11,14-15,18H,5,10H2,1-4H3.